The molecule has 0 saturated carbocycles. The minimum atomic E-state index is -0.123. The summed E-state index contributed by atoms with van der Waals surface area (Å²) in [5, 5.41) is 0. The van der Waals surface area contributed by atoms with Crippen molar-refractivity contribution < 1.29 is 2.74 Å². The summed E-state index contributed by atoms with van der Waals surface area (Å²) in [4.78, 5) is 0. The third-order valence-corrected chi connectivity index (χ3v) is 1.56. The molecule has 0 aromatic rings. The van der Waals surface area contributed by atoms with Gasteiger partial charge in [-0.25, -0.2) is 0 Å². The Morgan fingerprint density at radius 2 is 2.30 bits per heavy atom. The normalized spacial score (nSPS) is 15.7. The molecular weight excluding hydrogens is 120 g/mol. The third-order valence-electron chi connectivity index (χ3n) is 1.56. The van der Waals surface area contributed by atoms with Gasteiger partial charge in [-0.2, -0.15) is 0 Å². The maximum Gasteiger partial charge on any atom is 0.0312 e. The molecule has 0 nitrogen and oxygen atoms in total. The molecule has 0 saturated heterocycles. The highest BCUT2D eigenvalue weighted by Crippen LogP contribution is 2.10. The molecule has 0 aromatic carbocycles. The van der Waals surface area contributed by atoms with E-state index in [4.69, 9.17) is 2.74 Å². The summed E-state index contributed by atoms with van der Waals surface area (Å²) in [5.74, 6) is 0. The Bertz CT molecular complexity index is 121. The molecule has 10 heavy (non-hydrogen) atoms. The van der Waals surface area contributed by atoms with E-state index in [1.807, 2.05) is 0 Å². The van der Waals surface area contributed by atoms with Gasteiger partial charge in [-0.1, -0.05) is 45.2 Å². The van der Waals surface area contributed by atoms with Gasteiger partial charge in [-0.05, 0) is 19.2 Å². The monoisotopic (exact) mass is 142 g/mol. The molecule has 0 rings (SSSR count). The van der Waals surface area contributed by atoms with Crippen LogP contribution in [-0.4, -0.2) is 0 Å². The average Bonchev–Trinajstić information content (AvgIpc) is 2.05. The zero-order chi connectivity index (χ0) is 9.40. The third kappa shape index (κ3) is 5.87. The number of allylic oxidation sites excluding steroid dienone is 1. The van der Waals surface area contributed by atoms with E-state index in [0.717, 1.165) is 18.4 Å². The average molecular weight is 142 g/mol. The lowest BCUT2D eigenvalue weighted by Crippen LogP contribution is -1.80. The van der Waals surface area contributed by atoms with Gasteiger partial charge in [0.25, 0.3) is 0 Å². The molecule has 60 valence electrons. The topological polar surface area (TPSA) is 0 Å². The van der Waals surface area contributed by atoms with Crippen LogP contribution < -0.4 is 0 Å². The summed E-state index contributed by atoms with van der Waals surface area (Å²) in [6, 6.07) is 0. The Labute approximate surface area is 68.1 Å². The molecule has 0 amide bonds. The fourth-order valence-corrected chi connectivity index (χ4v) is 0.803. The van der Waals surface area contributed by atoms with Crippen LogP contribution in [0, 0.1) is 0 Å². The molecule has 0 bridgehead atoms. The molecule has 0 aromatic heterocycles. The van der Waals surface area contributed by atoms with Crippen LogP contribution in [0.2, 0.25) is 0 Å². The maximum atomic E-state index is 7.68. The van der Waals surface area contributed by atoms with E-state index in [1.165, 1.54) is 12.8 Å². The van der Waals surface area contributed by atoms with Crippen molar-refractivity contribution in [1.29, 1.82) is 0 Å². The van der Waals surface area contributed by atoms with Gasteiger partial charge in [0.1, 0.15) is 0 Å². The van der Waals surface area contributed by atoms with E-state index >= 15 is 0 Å². The van der Waals surface area contributed by atoms with Crippen molar-refractivity contribution in [1.82, 2.24) is 0 Å². The Kier molecular flexibility index (Phi) is 4.42. The molecule has 0 aliphatic carbocycles. The number of unbranched alkanes of at least 4 members (excludes halogenated alkanes) is 2. The standard InChI is InChI=1S/C10H20/c1-4-6-7-8-9-10(3)5-2/h3-9H2,1-2H3/i2D,9D. The zero-order valence-corrected chi connectivity index (χ0v) is 7.03. The van der Waals surface area contributed by atoms with E-state index < -0.39 is 0 Å². The maximum absolute atomic E-state index is 7.68. The van der Waals surface area contributed by atoms with E-state index in [2.05, 4.69) is 13.5 Å². The van der Waals surface area contributed by atoms with Gasteiger partial charge >= 0.3 is 0 Å². The van der Waals surface area contributed by atoms with Crippen LogP contribution in [-0.2, 0) is 0 Å². The summed E-state index contributed by atoms with van der Waals surface area (Å²) in [7, 11) is 0. The summed E-state index contributed by atoms with van der Waals surface area (Å²) in [6.07, 6.45) is 5.04. The predicted molar refractivity (Wildman–Crippen MR) is 48.2 cm³/mol. The van der Waals surface area contributed by atoms with Crippen molar-refractivity contribution >= 4 is 0 Å². The highest BCUT2D eigenvalue weighted by Gasteiger charge is 1.90. The zero-order valence-electron chi connectivity index (χ0n) is 9.03. The molecular formula is C10H20. The van der Waals surface area contributed by atoms with Crippen LogP contribution in [0.5, 0.6) is 0 Å². The minimum absolute atomic E-state index is 0.123. The first-order chi connectivity index (χ1) is 5.72. The summed E-state index contributed by atoms with van der Waals surface area (Å²) in [5.41, 5.74) is 0.932. The van der Waals surface area contributed by atoms with Gasteiger partial charge in [0.15, 0.2) is 0 Å². The first-order valence-corrected chi connectivity index (χ1v) is 4.11. The van der Waals surface area contributed by atoms with Crippen LogP contribution in [0.15, 0.2) is 12.2 Å². The van der Waals surface area contributed by atoms with E-state index in [9.17, 15) is 0 Å². The van der Waals surface area contributed by atoms with Crippen molar-refractivity contribution in [2.24, 2.45) is 0 Å². The smallest absolute Gasteiger partial charge is 0.0312 e. The Balaban J connectivity index is 3.42. The SMILES string of the molecule is [2H]CCC(=C)C([2H])CCCCC. The molecule has 1 unspecified atom stereocenters. The van der Waals surface area contributed by atoms with Gasteiger partial charge in [0.2, 0.25) is 0 Å². The largest absolute Gasteiger partial charge is 0.0999 e. The van der Waals surface area contributed by atoms with Crippen molar-refractivity contribution in [3.8, 4) is 0 Å². The summed E-state index contributed by atoms with van der Waals surface area (Å²) < 4.78 is 14.7. The van der Waals surface area contributed by atoms with E-state index in [1.54, 1.807) is 0 Å². The predicted octanol–water partition coefficient (Wildman–Crippen LogP) is 3.92. The number of hydrogen-bond donors (Lipinski definition) is 0. The molecule has 1 atom stereocenters. The van der Waals surface area contributed by atoms with E-state index in [-0.39, 0.29) is 6.40 Å². The van der Waals surface area contributed by atoms with Gasteiger partial charge in [-0.3, -0.25) is 0 Å². The lowest BCUT2D eigenvalue weighted by molar-refractivity contribution is 0.658. The minimum Gasteiger partial charge on any atom is -0.0999 e. The first kappa shape index (κ1) is 6.45. The molecule has 0 heteroatoms. The fraction of sp³-hybridized carbons (Fsp3) is 0.800. The quantitative estimate of drug-likeness (QED) is 0.389. The lowest BCUT2D eigenvalue weighted by Gasteiger charge is -2.00. The molecule has 0 aliphatic heterocycles. The summed E-state index contributed by atoms with van der Waals surface area (Å²) in [6.45, 7) is 6.36. The molecule has 0 spiro atoms. The Hall–Kier alpha value is -0.260. The Morgan fingerprint density at radius 3 is 2.90 bits per heavy atom. The molecule has 0 radical (unpaired) electrons. The van der Waals surface area contributed by atoms with Crippen LogP contribution in [0.4, 0.5) is 0 Å². The van der Waals surface area contributed by atoms with Crippen LogP contribution in [0.25, 0.3) is 0 Å². The second kappa shape index (κ2) is 6.85. The Morgan fingerprint density at radius 1 is 1.50 bits per heavy atom. The molecule has 0 aliphatic rings. The van der Waals surface area contributed by atoms with E-state index in [0.29, 0.717) is 13.3 Å². The first-order valence-electron chi connectivity index (χ1n) is 5.40. The number of rotatable bonds is 6. The highest BCUT2D eigenvalue weighted by atomic mass is 14.0. The van der Waals surface area contributed by atoms with Crippen molar-refractivity contribution in [3.63, 3.8) is 0 Å². The fourth-order valence-electron chi connectivity index (χ4n) is 0.803. The van der Waals surface area contributed by atoms with Crippen LogP contribution >= 0.6 is 0 Å². The lowest BCUT2D eigenvalue weighted by atomic mass is 10.1. The second-order valence-corrected chi connectivity index (χ2v) is 2.61. The van der Waals surface area contributed by atoms with Gasteiger partial charge in [0.05, 0.1) is 0 Å². The van der Waals surface area contributed by atoms with Gasteiger partial charge < -0.3 is 0 Å². The van der Waals surface area contributed by atoms with Crippen molar-refractivity contribution in [2.75, 3.05) is 0 Å². The van der Waals surface area contributed by atoms with Crippen LogP contribution in [0.1, 0.15) is 55.1 Å². The van der Waals surface area contributed by atoms with Gasteiger partial charge in [0, 0.05) is 2.74 Å². The number of hydrogen-bond acceptors (Lipinski definition) is 0. The van der Waals surface area contributed by atoms with Crippen LogP contribution in [0.3, 0.4) is 0 Å². The summed E-state index contributed by atoms with van der Waals surface area (Å²) >= 11 is 0. The molecule has 0 heterocycles. The molecule has 0 fully saturated rings. The van der Waals surface area contributed by atoms with Gasteiger partial charge in [-0.15, -0.1) is 0 Å². The molecule has 0 N–H and O–H groups in total. The highest BCUT2D eigenvalue weighted by molar-refractivity contribution is 4.91. The van der Waals surface area contributed by atoms with Crippen molar-refractivity contribution in [2.45, 2.75) is 52.3 Å². The van der Waals surface area contributed by atoms with Crippen molar-refractivity contribution in [3.05, 3.63) is 12.2 Å². The second-order valence-electron chi connectivity index (χ2n) is 2.61.